The number of para-hydroxylation sites is 2. The molecule has 1 aliphatic rings. The van der Waals surface area contributed by atoms with Gasteiger partial charge in [0.25, 0.3) is 5.91 Å². The van der Waals surface area contributed by atoms with Crippen LogP contribution in [0.15, 0.2) is 72.8 Å². The Kier molecular flexibility index (Phi) is 9.03. The van der Waals surface area contributed by atoms with Gasteiger partial charge in [0.2, 0.25) is 5.91 Å². The fourth-order valence-corrected chi connectivity index (χ4v) is 4.58. The minimum Gasteiger partial charge on any atom is -0.495 e. The molecule has 7 heteroatoms. The summed E-state index contributed by atoms with van der Waals surface area (Å²) < 4.78 is 5.55. The average molecular weight is 501 g/mol. The third-order valence-corrected chi connectivity index (χ3v) is 6.62. The van der Waals surface area contributed by atoms with Crippen molar-refractivity contribution in [1.82, 2.24) is 5.32 Å². The van der Waals surface area contributed by atoms with Gasteiger partial charge in [0.05, 0.1) is 18.4 Å². The van der Waals surface area contributed by atoms with Crippen molar-refractivity contribution in [2.45, 2.75) is 32.7 Å². The Hall–Kier alpha value is -4.00. The molecule has 0 atom stereocenters. The maximum atomic E-state index is 13.4. The summed E-state index contributed by atoms with van der Waals surface area (Å²) in [5.74, 6) is 0.673. The lowest BCUT2D eigenvalue weighted by atomic mass is 10.1. The molecule has 0 saturated carbocycles. The number of carbonyl (C=O) groups is 2. The molecule has 0 aromatic heterocycles. The quantitative estimate of drug-likeness (QED) is 0.406. The van der Waals surface area contributed by atoms with E-state index in [1.807, 2.05) is 60.7 Å². The molecule has 2 amide bonds. The molecule has 4 rings (SSSR count). The predicted octanol–water partition coefficient (Wildman–Crippen LogP) is 5.08. The van der Waals surface area contributed by atoms with E-state index >= 15 is 0 Å². The zero-order valence-electron chi connectivity index (χ0n) is 21.7. The number of methoxy groups -OCH3 is 1. The van der Waals surface area contributed by atoms with Crippen molar-refractivity contribution in [2.75, 3.05) is 48.4 Å². The van der Waals surface area contributed by atoms with Crippen LogP contribution in [0.3, 0.4) is 0 Å². The highest BCUT2D eigenvalue weighted by molar-refractivity contribution is 6.02. The Bertz CT molecular complexity index is 1190. The van der Waals surface area contributed by atoms with Crippen LogP contribution in [0.4, 0.5) is 17.1 Å². The number of amides is 2. The lowest BCUT2D eigenvalue weighted by Crippen LogP contribution is -2.47. The minimum atomic E-state index is -0.157. The smallest absolute Gasteiger partial charge is 0.253 e. The van der Waals surface area contributed by atoms with E-state index in [2.05, 4.69) is 33.4 Å². The number of ether oxygens (including phenoxy) is 1. The number of anilines is 3. The van der Waals surface area contributed by atoms with Crippen LogP contribution in [0, 0.1) is 0 Å². The molecular weight excluding hydrogens is 464 g/mol. The van der Waals surface area contributed by atoms with Crippen molar-refractivity contribution < 1.29 is 14.3 Å². The maximum Gasteiger partial charge on any atom is 0.253 e. The molecule has 0 bridgehead atoms. The number of piperazine rings is 1. The van der Waals surface area contributed by atoms with Gasteiger partial charge >= 0.3 is 0 Å². The van der Waals surface area contributed by atoms with Crippen LogP contribution in [-0.4, -0.2) is 45.1 Å². The van der Waals surface area contributed by atoms with Crippen molar-refractivity contribution in [3.63, 3.8) is 0 Å². The number of benzene rings is 3. The Morgan fingerprint density at radius 2 is 1.54 bits per heavy atom. The van der Waals surface area contributed by atoms with Gasteiger partial charge in [-0.2, -0.15) is 0 Å². The summed E-state index contributed by atoms with van der Waals surface area (Å²) in [6, 6.07) is 23.5. The molecule has 0 radical (unpaired) electrons. The lowest BCUT2D eigenvalue weighted by molar-refractivity contribution is -0.116. The molecule has 0 spiro atoms. The number of hydrogen-bond acceptors (Lipinski definition) is 5. The van der Waals surface area contributed by atoms with Crippen LogP contribution >= 0.6 is 0 Å². The van der Waals surface area contributed by atoms with Gasteiger partial charge < -0.3 is 25.2 Å². The second-order valence-corrected chi connectivity index (χ2v) is 9.20. The van der Waals surface area contributed by atoms with Crippen LogP contribution in [0.25, 0.3) is 0 Å². The Morgan fingerprint density at radius 1 is 0.865 bits per heavy atom. The SMILES string of the molecule is CCCCC(=O)Nc1ccc(N2CCN(c3ccccc3OC)CC2)c(C(=O)NCc2ccccc2)c1. The molecule has 0 unspecified atom stereocenters. The van der Waals surface area contributed by atoms with Crippen molar-refractivity contribution in [3.8, 4) is 5.75 Å². The first-order valence-corrected chi connectivity index (χ1v) is 13.0. The summed E-state index contributed by atoms with van der Waals surface area (Å²) in [5.41, 5.74) is 4.19. The average Bonchev–Trinajstić information content (AvgIpc) is 2.95. The van der Waals surface area contributed by atoms with E-state index in [0.717, 1.165) is 61.7 Å². The van der Waals surface area contributed by atoms with Crippen LogP contribution < -0.4 is 25.2 Å². The zero-order valence-corrected chi connectivity index (χ0v) is 21.7. The number of nitrogens with zero attached hydrogens (tertiary/aromatic N) is 2. The fraction of sp³-hybridized carbons (Fsp3) is 0.333. The van der Waals surface area contributed by atoms with E-state index in [1.165, 1.54) is 0 Å². The third kappa shape index (κ3) is 6.82. The largest absolute Gasteiger partial charge is 0.495 e. The molecule has 7 nitrogen and oxygen atoms in total. The Labute approximate surface area is 219 Å². The monoisotopic (exact) mass is 500 g/mol. The molecule has 1 heterocycles. The van der Waals surface area contributed by atoms with Crippen LogP contribution in [0.2, 0.25) is 0 Å². The summed E-state index contributed by atoms with van der Waals surface area (Å²) >= 11 is 0. The van der Waals surface area contributed by atoms with Crippen molar-refractivity contribution in [1.29, 1.82) is 0 Å². The molecule has 1 saturated heterocycles. The Balaban J connectivity index is 1.52. The number of rotatable bonds is 10. The molecule has 3 aromatic carbocycles. The van der Waals surface area contributed by atoms with E-state index < -0.39 is 0 Å². The Morgan fingerprint density at radius 3 is 2.24 bits per heavy atom. The minimum absolute atomic E-state index is 0.0318. The molecule has 3 aromatic rings. The first-order valence-electron chi connectivity index (χ1n) is 13.0. The van der Waals surface area contributed by atoms with Gasteiger partial charge in [0.15, 0.2) is 0 Å². The summed E-state index contributed by atoms with van der Waals surface area (Å²) in [6.45, 7) is 5.64. The second kappa shape index (κ2) is 12.8. The molecule has 194 valence electrons. The number of nitrogens with one attached hydrogen (secondary N) is 2. The van der Waals surface area contributed by atoms with Crippen molar-refractivity contribution in [3.05, 3.63) is 83.9 Å². The summed E-state index contributed by atoms with van der Waals surface area (Å²) in [5, 5.41) is 6.01. The van der Waals surface area contributed by atoms with Gasteiger partial charge in [-0.15, -0.1) is 0 Å². The summed E-state index contributed by atoms with van der Waals surface area (Å²) in [4.78, 5) is 30.3. The van der Waals surface area contributed by atoms with E-state index in [0.29, 0.717) is 24.2 Å². The van der Waals surface area contributed by atoms with Gasteiger partial charge in [-0.3, -0.25) is 9.59 Å². The molecule has 2 N–H and O–H groups in total. The third-order valence-electron chi connectivity index (χ3n) is 6.62. The van der Waals surface area contributed by atoms with Gasteiger partial charge in [0, 0.05) is 50.5 Å². The van der Waals surface area contributed by atoms with E-state index in [-0.39, 0.29) is 11.8 Å². The van der Waals surface area contributed by atoms with Crippen LogP contribution in [0.5, 0.6) is 5.75 Å². The van der Waals surface area contributed by atoms with E-state index in [4.69, 9.17) is 4.74 Å². The van der Waals surface area contributed by atoms with E-state index in [1.54, 1.807) is 13.2 Å². The number of unbranched alkanes of at least 4 members (excludes halogenated alkanes) is 1. The topological polar surface area (TPSA) is 73.9 Å². The number of carbonyl (C=O) groups excluding carboxylic acids is 2. The molecule has 37 heavy (non-hydrogen) atoms. The molecule has 0 aliphatic carbocycles. The molecular formula is C30H36N4O3. The summed E-state index contributed by atoms with van der Waals surface area (Å²) in [6.07, 6.45) is 2.27. The standard InChI is InChI=1S/C30H36N4O3/c1-3-4-14-29(35)32-24-15-16-26(25(21-24)30(36)31-22-23-10-6-5-7-11-23)33-17-19-34(20-18-33)27-12-8-9-13-28(27)37-2/h5-13,15-16,21H,3-4,14,17-20,22H2,1-2H3,(H,31,36)(H,32,35). The van der Waals surface area contributed by atoms with Gasteiger partial charge in [-0.25, -0.2) is 0 Å². The molecule has 1 aliphatic heterocycles. The van der Waals surface area contributed by atoms with Crippen molar-refractivity contribution in [2.24, 2.45) is 0 Å². The van der Waals surface area contributed by atoms with Gasteiger partial charge in [-0.1, -0.05) is 55.8 Å². The first-order chi connectivity index (χ1) is 18.1. The van der Waals surface area contributed by atoms with Crippen LogP contribution in [0.1, 0.15) is 42.1 Å². The van der Waals surface area contributed by atoms with Gasteiger partial charge in [-0.05, 0) is 42.3 Å². The van der Waals surface area contributed by atoms with Crippen molar-refractivity contribution >= 4 is 28.9 Å². The normalized spacial score (nSPS) is 13.2. The van der Waals surface area contributed by atoms with Crippen LogP contribution in [-0.2, 0) is 11.3 Å². The summed E-state index contributed by atoms with van der Waals surface area (Å²) in [7, 11) is 1.69. The predicted molar refractivity (Wildman–Crippen MR) is 150 cm³/mol. The highest BCUT2D eigenvalue weighted by Gasteiger charge is 2.24. The molecule has 1 fully saturated rings. The lowest BCUT2D eigenvalue weighted by Gasteiger charge is -2.38. The van der Waals surface area contributed by atoms with E-state index in [9.17, 15) is 9.59 Å². The zero-order chi connectivity index (χ0) is 26.0. The number of hydrogen-bond donors (Lipinski definition) is 2. The second-order valence-electron chi connectivity index (χ2n) is 9.20. The maximum absolute atomic E-state index is 13.4. The van der Waals surface area contributed by atoms with Gasteiger partial charge in [0.1, 0.15) is 5.75 Å². The highest BCUT2D eigenvalue weighted by Crippen LogP contribution is 2.31. The first kappa shape index (κ1) is 26.1. The fourth-order valence-electron chi connectivity index (χ4n) is 4.58. The highest BCUT2D eigenvalue weighted by atomic mass is 16.5.